The Kier molecular flexibility index (Phi) is 3.50. The molecule has 1 aromatic carbocycles. The number of para-hydroxylation sites is 1. The van der Waals surface area contributed by atoms with Crippen LogP contribution in [0.1, 0.15) is 21.9 Å². The number of aromatic carboxylic acids is 1. The van der Waals surface area contributed by atoms with Gasteiger partial charge in [0.25, 0.3) is 0 Å². The minimum absolute atomic E-state index is 0.0184. The van der Waals surface area contributed by atoms with Gasteiger partial charge in [0.15, 0.2) is 4.34 Å². The summed E-state index contributed by atoms with van der Waals surface area (Å²) in [5, 5.41) is 8.95. The van der Waals surface area contributed by atoms with Crippen molar-refractivity contribution >= 4 is 39.3 Å². The van der Waals surface area contributed by atoms with Crippen LogP contribution in [0.3, 0.4) is 0 Å². The summed E-state index contributed by atoms with van der Waals surface area (Å²) in [5.41, 5.74) is 1.64. The molecule has 102 valence electrons. The van der Waals surface area contributed by atoms with Gasteiger partial charge in [0.05, 0.1) is 16.0 Å². The fraction of sp³-hybridized carbons (Fsp3) is 0.143. The van der Waals surface area contributed by atoms with Gasteiger partial charge in [-0.25, -0.2) is 9.78 Å². The lowest BCUT2D eigenvalue weighted by Gasteiger charge is -1.93. The van der Waals surface area contributed by atoms with Crippen LogP contribution in [-0.4, -0.2) is 16.1 Å². The van der Waals surface area contributed by atoms with Crippen LogP contribution in [0, 0.1) is 6.92 Å². The minimum Gasteiger partial charge on any atom is -0.475 e. The monoisotopic (exact) mass is 305 g/mol. The first kappa shape index (κ1) is 13.2. The predicted molar refractivity (Wildman–Crippen MR) is 79.6 cm³/mol. The van der Waals surface area contributed by atoms with Crippen molar-refractivity contribution in [1.82, 2.24) is 4.98 Å². The van der Waals surface area contributed by atoms with Crippen LogP contribution < -0.4 is 0 Å². The molecular formula is C14H11NO3S2. The van der Waals surface area contributed by atoms with Crippen LogP contribution in [0.15, 0.2) is 39.1 Å². The Morgan fingerprint density at radius 1 is 1.45 bits per heavy atom. The summed E-state index contributed by atoms with van der Waals surface area (Å²) < 4.78 is 7.43. The number of nitrogens with zero attached hydrogens (tertiary/aromatic N) is 1. The van der Waals surface area contributed by atoms with Crippen LogP contribution in [0.5, 0.6) is 0 Å². The third kappa shape index (κ3) is 2.57. The van der Waals surface area contributed by atoms with E-state index < -0.39 is 5.97 Å². The zero-order valence-corrected chi connectivity index (χ0v) is 12.3. The molecule has 0 fully saturated rings. The van der Waals surface area contributed by atoms with E-state index in [0.29, 0.717) is 17.1 Å². The Balaban J connectivity index is 1.76. The highest BCUT2D eigenvalue weighted by atomic mass is 32.2. The molecule has 0 aliphatic rings. The summed E-state index contributed by atoms with van der Waals surface area (Å²) in [6, 6.07) is 9.74. The number of hydrogen-bond donors (Lipinski definition) is 1. The second-order valence-electron chi connectivity index (χ2n) is 4.27. The molecule has 0 saturated heterocycles. The topological polar surface area (TPSA) is 63.3 Å². The Hall–Kier alpha value is -1.79. The molecule has 1 N–H and O–H groups in total. The van der Waals surface area contributed by atoms with Gasteiger partial charge in [0.2, 0.25) is 5.76 Å². The Morgan fingerprint density at radius 2 is 2.25 bits per heavy atom. The first-order chi connectivity index (χ1) is 9.63. The number of fused-ring (bicyclic) bond motifs is 1. The maximum atomic E-state index is 10.9. The predicted octanol–water partition coefficient (Wildman–Crippen LogP) is 4.19. The maximum absolute atomic E-state index is 10.9. The minimum atomic E-state index is -1.03. The van der Waals surface area contributed by atoms with E-state index in [9.17, 15) is 4.79 Å². The van der Waals surface area contributed by atoms with Crippen molar-refractivity contribution in [3.8, 4) is 0 Å². The SMILES string of the molecule is Cc1cc(CSc2nc3ccccc3s2)oc1C(=O)O. The molecule has 6 heteroatoms. The zero-order chi connectivity index (χ0) is 14.1. The summed E-state index contributed by atoms with van der Waals surface area (Å²) in [6.07, 6.45) is 0. The third-order valence-electron chi connectivity index (χ3n) is 2.78. The summed E-state index contributed by atoms with van der Waals surface area (Å²) in [6.45, 7) is 1.73. The number of thiazole rings is 1. The fourth-order valence-electron chi connectivity index (χ4n) is 1.88. The fourth-order valence-corrected chi connectivity index (χ4v) is 3.83. The normalized spacial score (nSPS) is 11.1. The number of hydrogen-bond acceptors (Lipinski definition) is 5. The van der Waals surface area contributed by atoms with Gasteiger partial charge in [-0.05, 0) is 25.1 Å². The van der Waals surface area contributed by atoms with E-state index in [1.807, 2.05) is 24.3 Å². The van der Waals surface area contributed by atoms with Gasteiger partial charge in [-0.3, -0.25) is 0 Å². The van der Waals surface area contributed by atoms with E-state index in [0.717, 1.165) is 14.6 Å². The van der Waals surface area contributed by atoms with Gasteiger partial charge in [0, 0.05) is 5.56 Å². The van der Waals surface area contributed by atoms with Gasteiger partial charge >= 0.3 is 5.97 Å². The lowest BCUT2D eigenvalue weighted by Crippen LogP contribution is -1.94. The van der Waals surface area contributed by atoms with Gasteiger partial charge in [0.1, 0.15) is 5.76 Å². The Labute approximate surface area is 123 Å². The number of furan rings is 1. The molecule has 0 atom stereocenters. The highest BCUT2D eigenvalue weighted by Crippen LogP contribution is 2.32. The summed E-state index contributed by atoms with van der Waals surface area (Å²) >= 11 is 3.18. The number of carboxylic acid groups (broad SMARTS) is 1. The number of aryl methyl sites for hydroxylation is 1. The molecule has 20 heavy (non-hydrogen) atoms. The molecule has 0 radical (unpaired) electrons. The van der Waals surface area contributed by atoms with Crippen molar-refractivity contribution in [3.63, 3.8) is 0 Å². The number of carbonyl (C=O) groups is 1. The molecule has 2 heterocycles. The first-order valence-corrected chi connectivity index (χ1v) is 7.74. The van der Waals surface area contributed by atoms with Crippen LogP contribution >= 0.6 is 23.1 Å². The molecule has 0 saturated carbocycles. The van der Waals surface area contributed by atoms with Crippen molar-refractivity contribution < 1.29 is 14.3 Å². The smallest absolute Gasteiger partial charge is 0.372 e. The summed E-state index contributed by atoms with van der Waals surface area (Å²) in [4.78, 5) is 15.4. The molecule has 4 nitrogen and oxygen atoms in total. The van der Waals surface area contributed by atoms with Crippen LogP contribution in [-0.2, 0) is 5.75 Å². The van der Waals surface area contributed by atoms with E-state index >= 15 is 0 Å². The van der Waals surface area contributed by atoms with Gasteiger partial charge < -0.3 is 9.52 Å². The maximum Gasteiger partial charge on any atom is 0.372 e. The highest BCUT2D eigenvalue weighted by Gasteiger charge is 2.14. The van der Waals surface area contributed by atoms with Gasteiger partial charge in [-0.1, -0.05) is 23.9 Å². The molecule has 0 unspecified atom stereocenters. The van der Waals surface area contributed by atoms with Crippen molar-refractivity contribution in [2.75, 3.05) is 0 Å². The lowest BCUT2D eigenvalue weighted by atomic mass is 10.3. The molecule has 0 aliphatic carbocycles. The molecule has 0 spiro atoms. The van der Waals surface area contributed by atoms with Crippen molar-refractivity contribution in [2.45, 2.75) is 17.0 Å². The summed E-state index contributed by atoms with van der Waals surface area (Å²) in [7, 11) is 0. The Morgan fingerprint density at radius 3 is 2.95 bits per heavy atom. The van der Waals surface area contributed by atoms with Crippen LogP contribution in [0.2, 0.25) is 0 Å². The molecule has 0 bridgehead atoms. The van der Waals surface area contributed by atoms with E-state index in [2.05, 4.69) is 4.98 Å². The van der Waals surface area contributed by atoms with E-state index in [1.165, 1.54) is 0 Å². The quantitative estimate of drug-likeness (QED) is 0.732. The molecule has 3 rings (SSSR count). The van der Waals surface area contributed by atoms with Gasteiger partial charge in [-0.2, -0.15) is 0 Å². The second kappa shape index (κ2) is 5.30. The van der Waals surface area contributed by atoms with Crippen molar-refractivity contribution in [1.29, 1.82) is 0 Å². The van der Waals surface area contributed by atoms with E-state index in [1.54, 1.807) is 36.1 Å². The Bertz CT molecular complexity index is 743. The average molecular weight is 305 g/mol. The molecule has 2 aromatic heterocycles. The number of rotatable bonds is 4. The van der Waals surface area contributed by atoms with E-state index in [-0.39, 0.29) is 5.76 Å². The van der Waals surface area contributed by atoms with Crippen LogP contribution in [0.4, 0.5) is 0 Å². The highest BCUT2D eigenvalue weighted by molar-refractivity contribution is 8.00. The first-order valence-electron chi connectivity index (χ1n) is 5.94. The molecule has 0 aliphatic heterocycles. The second-order valence-corrected chi connectivity index (χ2v) is 6.52. The lowest BCUT2D eigenvalue weighted by molar-refractivity contribution is 0.0659. The molecule has 3 aromatic rings. The third-order valence-corrected chi connectivity index (χ3v) is 4.98. The molecule has 0 amide bonds. The number of carboxylic acids is 1. The number of aromatic nitrogens is 1. The standard InChI is InChI=1S/C14H11NO3S2/c1-8-6-9(18-12(8)13(16)17)7-19-14-15-10-4-2-3-5-11(10)20-14/h2-6H,7H2,1H3,(H,16,17). The average Bonchev–Trinajstić information content (AvgIpc) is 2.99. The van der Waals surface area contributed by atoms with Crippen molar-refractivity contribution in [2.24, 2.45) is 0 Å². The van der Waals surface area contributed by atoms with Crippen molar-refractivity contribution in [3.05, 3.63) is 47.4 Å². The van der Waals surface area contributed by atoms with Gasteiger partial charge in [-0.15, -0.1) is 11.3 Å². The number of thioether (sulfide) groups is 1. The van der Waals surface area contributed by atoms with E-state index in [4.69, 9.17) is 9.52 Å². The molecular weight excluding hydrogens is 294 g/mol. The van der Waals surface area contributed by atoms with Crippen LogP contribution in [0.25, 0.3) is 10.2 Å². The number of benzene rings is 1. The zero-order valence-electron chi connectivity index (χ0n) is 10.6. The summed E-state index contributed by atoms with van der Waals surface area (Å²) in [5.74, 6) is 0.223. The largest absolute Gasteiger partial charge is 0.475 e.